The second kappa shape index (κ2) is 6.43. The van der Waals surface area contributed by atoms with Crippen LogP contribution in [-0.2, 0) is 19.0 Å². The third-order valence-electron chi connectivity index (χ3n) is 5.87. The molecule has 1 aliphatic carbocycles. The first-order chi connectivity index (χ1) is 14.5. The van der Waals surface area contributed by atoms with Crippen LogP contribution in [0.2, 0.25) is 0 Å². The number of alkyl halides is 3. The Hall–Kier alpha value is -2.63. The molecule has 148 valence electrons. The van der Waals surface area contributed by atoms with Gasteiger partial charge in [-0.25, -0.2) is 0 Å². The lowest BCUT2D eigenvalue weighted by atomic mass is 9.77. The Morgan fingerprint density at radius 3 is 2.13 bits per heavy atom. The minimum atomic E-state index is -4.28. The number of rotatable bonds is 3. The fraction of sp³-hybridized carbons (Fsp3) is 0.120. The van der Waals surface area contributed by atoms with Crippen LogP contribution < -0.4 is 0 Å². The minimum absolute atomic E-state index is 0.592. The van der Waals surface area contributed by atoms with Crippen LogP contribution in [0.3, 0.4) is 0 Å². The lowest BCUT2D eigenvalue weighted by molar-refractivity contribution is -0.137. The Kier molecular flexibility index (Phi) is 3.89. The van der Waals surface area contributed by atoms with Crippen LogP contribution in [0.5, 0.6) is 0 Å². The van der Waals surface area contributed by atoms with Crippen LogP contribution in [0.15, 0.2) is 66.0 Å². The van der Waals surface area contributed by atoms with E-state index in [4.69, 9.17) is 0 Å². The van der Waals surface area contributed by atoms with Gasteiger partial charge >= 0.3 is 6.18 Å². The molecule has 0 bridgehead atoms. The molecular weight excluding hydrogens is 421 g/mol. The molecular formula is C25H15F3S2. The Balaban J connectivity index is 1.29. The van der Waals surface area contributed by atoms with Crippen LogP contribution in [0.25, 0.3) is 42.4 Å². The van der Waals surface area contributed by atoms with Gasteiger partial charge in [0, 0.05) is 25.0 Å². The maximum absolute atomic E-state index is 12.7. The second-order valence-electron chi connectivity index (χ2n) is 7.63. The molecule has 0 atom stereocenters. The van der Waals surface area contributed by atoms with Crippen molar-refractivity contribution < 1.29 is 13.2 Å². The third-order valence-corrected chi connectivity index (χ3v) is 7.91. The average Bonchev–Trinajstić information content (AvgIpc) is 3.33. The Morgan fingerprint density at radius 2 is 1.40 bits per heavy atom. The predicted octanol–water partition coefficient (Wildman–Crippen LogP) is 8.57. The molecule has 0 amide bonds. The van der Waals surface area contributed by atoms with Crippen molar-refractivity contribution in [2.24, 2.45) is 0 Å². The first-order valence-corrected chi connectivity index (χ1v) is 11.4. The number of hydrogen-bond acceptors (Lipinski definition) is 2. The lowest BCUT2D eigenvalue weighted by Gasteiger charge is -2.25. The van der Waals surface area contributed by atoms with E-state index in [2.05, 4.69) is 41.8 Å². The van der Waals surface area contributed by atoms with Crippen molar-refractivity contribution >= 4 is 42.8 Å². The Bertz CT molecular complexity index is 1420. The summed E-state index contributed by atoms with van der Waals surface area (Å²) in [5.41, 5.74) is 5.70. The van der Waals surface area contributed by atoms with E-state index in [-0.39, 0.29) is 0 Å². The van der Waals surface area contributed by atoms with E-state index in [0.29, 0.717) is 0 Å². The van der Waals surface area contributed by atoms with Gasteiger partial charge in [-0.05, 0) is 82.4 Å². The van der Waals surface area contributed by atoms with Crippen molar-refractivity contribution in [3.8, 4) is 22.3 Å². The van der Waals surface area contributed by atoms with E-state index in [1.54, 1.807) is 34.8 Å². The van der Waals surface area contributed by atoms with Crippen LogP contribution in [-0.4, -0.2) is 0 Å². The van der Waals surface area contributed by atoms with Gasteiger partial charge in [0.15, 0.2) is 0 Å². The van der Waals surface area contributed by atoms with Crippen molar-refractivity contribution in [2.45, 2.75) is 19.0 Å². The van der Waals surface area contributed by atoms with E-state index in [0.717, 1.165) is 18.4 Å². The van der Waals surface area contributed by atoms with Crippen molar-refractivity contribution in [1.82, 2.24) is 0 Å². The normalized spacial score (nSPS) is 12.8. The first-order valence-electron chi connectivity index (χ1n) is 9.71. The molecule has 0 spiro atoms. The smallest absolute Gasteiger partial charge is 0.166 e. The second-order valence-corrected chi connectivity index (χ2v) is 9.74. The zero-order valence-corrected chi connectivity index (χ0v) is 17.3. The number of aryl methyl sites for hydroxylation is 2. The van der Waals surface area contributed by atoms with E-state index >= 15 is 0 Å². The summed E-state index contributed by atoms with van der Waals surface area (Å²) in [5.74, 6) is 0. The monoisotopic (exact) mass is 436 g/mol. The number of hydrogen-bond donors (Lipinski definition) is 0. The maximum Gasteiger partial charge on any atom is 0.416 e. The molecule has 2 aromatic heterocycles. The molecule has 1 aliphatic rings. The fourth-order valence-electron chi connectivity index (χ4n) is 4.39. The van der Waals surface area contributed by atoms with Gasteiger partial charge in [0.25, 0.3) is 0 Å². The predicted molar refractivity (Wildman–Crippen MR) is 120 cm³/mol. The molecule has 2 heterocycles. The number of benzene rings is 3. The van der Waals surface area contributed by atoms with Crippen molar-refractivity contribution in [3.63, 3.8) is 0 Å². The van der Waals surface area contributed by atoms with Gasteiger partial charge in [-0.1, -0.05) is 24.3 Å². The molecule has 0 saturated heterocycles. The standard InChI is InChI=1S/C25H15F3S2/c26-25(27,28)15-4-1-14(2-5-15)3-6-16-13-20-22(30-16)10-8-19-23-17-11-12-29-21(17)9-7-18(23)24(19)20/h1-2,4-5,7-13H,3,6H2. The fourth-order valence-corrected chi connectivity index (χ4v) is 6.26. The number of thiophene rings is 2. The molecule has 30 heavy (non-hydrogen) atoms. The molecule has 5 heteroatoms. The summed E-state index contributed by atoms with van der Waals surface area (Å²) < 4.78 is 40.8. The summed E-state index contributed by atoms with van der Waals surface area (Å²) in [6, 6.07) is 18.9. The zero-order valence-electron chi connectivity index (χ0n) is 15.7. The van der Waals surface area contributed by atoms with Gasteiger partial charge in [-0.2, -0.15) is 13.2 Å². The highest BCUT2D eigenvalue weighted by atomic mass is 32.1. The Morgan fingerprint density at radius 1 is 0.700 bits per heavy atom. The molecule has 3 aromatic carbocycles. The molecule has 0 fully saturated rings. The molecule has 0 N–H and O–H groups in total. The summed E-state index contributed by atoms with van der Waals surface area (Å²) in [4.78, 5) is 1.27. The lowest BCUT2D eigenvalue weighted by Crippen LogP contribution is -2.04. The highest BCUT2D eigenvalue weighted by Crippen LogP contribution is 2.55. The molecule has 6 rings (SSSR count). The molecule has 0 aliphatic heterocycles. The van der Waals surface area contributed by atoms with Gasteiger partial charge in [0.1, 0.15) is 0 Å². The topological polar surface area (TPSA) is 0 Å². The van der Waals surface area contributed by atoms with Gasteiger partial charge in [-0.15, -0.1) is 22.7 Å². The van der Waals surface area contributed by atoms with Gasteiger partial charge in [-0.3, -0.25) is 0 Å². The molecule has 0 nitrogen and oxygen atoms in total. The van der Waals surface area contributed by atoms with Gasteiger partial charge in [0.2, 0.25) is 0 Å². The van der Waals surface area contributed by atoms with Crippen LogP contribution in [0.1, 0.15) is 16.0 Å². The average molecular weight is 437 g/mol. The SMILES string of the molecule is FC(F)(F)c1ccc(CCc2cc3c4c(ccc3s2)-c2c-4ccc3sccc23)cc1. The molecule has 0 unspecified atom stereocenters. The summed E-state index contributed by atoms with van der Waals surface area (Å²) in [6.45, 7) is 0. The number of halogens is 3. The minimum Gasteiger partial charge on any atom is -0.166 e. The van der Waals surface area contributed by atoms with E-state index in [1.807, 2.05) is 0 Å². The van der Waals surface area contributed by atoms with Crippen LogP contribution >= 0.6 is 22.7 Å². The molecule has 5 aromatic rings. The quantitative estimate of drug-likeness (QED) is 0.261. The van der Waals surface area contributed by atoms with Crippen molar-refractivity contribution in [1.29, 1.82) is 0 Å². The molecule has 0 radical (unpaired) electrons. The van der Waals surface area contributed by atoms with E-state index in [9.17, 15) is 13.2 Å². The summed E-state index contributed by atoms with van der Waals surface area (Å²) >= 11 is 3.56. The zero-order chi connectivity index (χ0) is 20.5. The summed E-state index contributed by atoms with van der Waals surface area (Å²) in [6.07, 6.45) is -2.72. The summed E-state index contributed by atoms with van der Waals surface area (Å²) in [5, 5.41) is 4.77. The largest absolute Gasteiger partial charge is 0.416 e. The van der Waals surface area contributed by atoms with Crippen molar-refractivity contribution in [3.05, 3.63) is 82.0 Å². The molecule has 0 saturated carbocycles. The van der Waals surface area contributed by atoms with Crippen LogP contribution in [0, 0.1) is 0 Å². The highest BCUT2D eigenvalue weighted by molar-refractivity contribution is 7.19. The van der Waals surface area contributed by atoms with Crippen molar-refractivity contribution in [2.75, 3.05) is 0 Å². The van der Waals surface area contributed by atoms with Crippen LogP contribution in [0.4, 0.5) is 13.2 Å². The van der Waals surface area contributed by atoms with Gasteiger partial charge in [0.05, 0.1) is 5.56 Å². The number of fused-ring (bicyclic) bond motifs is 8. The Labute approximate surface area is 179 Å². The highest BCUT2D eigenvalue weighted by Gasteiger charge is 2.30. The summed E-state index contributed by atoms with van der Waals surface area (Å²) in [7, 11) is 0. The van der Waals surface area contributed by atoms with E-state index in [1.165, 1.54) is 59.4 Å². The third kappa shape index (κ3) is 2.72. The maximum atomic E-state index is 12.7. The van der Waals surface area contributed by atoms with Gasteiger partial charge < -0.3 is 0 Å². The first kappa shape index (κ1) is 18.2. The van der Waals surface area contributed by atoms with E-state index < -0.39 is 11.7 Å².